The van der Waals surface area contributed by atoms with Gasteiger partial charge in [-0.1, -0.05) is 24.3 Å². The number of hydrogen-bond donors (Lipinski definition) is 1. The average molecular weight is 417 g/mol. The third-order valence-electron chi connectivity index (χ3n) is 3.53. The van der Waals surface area contributed by atoms with Crippen molar-refractivity contribution in [1.29, 1.82) is 0 Å². The molecule has 0 fully saturated rings. The van der Waals surface area contributed by atoms with Gasteiger partial charge in [0.25, 0.3) is 0 Å². The van der Waals surface area contributed by atoms with Gasteiger partial charge in [-0.3, -0.25) is 4.79 Å². The molecule has 0 bridgehead atoms. The molecular formula is C16H14F2INO2. The third-order valence-corrected chi connectivity index (χ3v) is 4.20. The minimum Gasteiger partial charge on any atom is -0.435 e. The number of primary amides is 1. The quantitative estimate of drug-likeness (QED) is 0.755. The minimum atomic E-state index is -2.92. The molecule has 0 aromatic heterocycles. The molecule has 2 rings (SSSR count). The Labute approximate surface area is 140 Å². The van der Waals surface area contributed by atoms with E-state index in [2.05, 4.69) is 27.3 Å². The molecule has 0 aliphatic carbocycles. The first kappa shape index (κ1) is 16.7. The van der Waals surface area contributed by atoms with E-state index in [0.29, 0.717) is 11.1 Å². The summed E-state index contributed by atoms with van der Waals surface area (Å²) in [6.45, 7) is -1.25. The van der Waals surface area contributed by atoms with E-state index in [-0.39, 0.29) is 5.75 Å². The molecule has 22 heavy (non-hydrogen) atoms. The van der Waals surface area contributed by atoms with E-state index < -0.39 is 17.9 Å². The summed E-state index contributed by atoms with van der Waals surface area (Å²) >= 11 is 2.13. The van der Waals surface area contributed by atoms with Crippen LogP contribution in [0.4, 0.5) is 8.78 Å². The molecule has 1 amide bonds. The topological polar surface area (TPSA) is 52.3 Å². The lowest BCUT2D eigenvalue weighted by Gasteiger charge is -2.28. The summed E-state index contributed by atoms with van der Waals surface area (Å²) in [6.07, 6.45) is 0. The van der Waals surface area contributed by atoms with Gasteiger partial charge in [0.2, 0.25) is 5.91 Å². The summed E-state index contributed by atoms with van der Waals surface area (Å²) < 4.78 is 30.1. The number of ether oxygens (including phenoxy) is 1. The molecule has 2 aromatic rings. The summed E-state index contributed by atoms with van der Waals surface area (Å²) in [5, 5.41) is 0. The zero-order chi connectivity index (χ0) is 16.3. The second-order valence-corrected chi connectivity index (χ2v) is 6.15. The maximum Gasteiger partial charge on any atom is 0.387 e. The Kier molecular flexibility index (Phi) is 5.00. The smallest absolute Gasteiger partial charge is 0.387 e. The fourth-order valence-corrected chi connectivity index (χ4v) is 2.78. The van der Waals surface area contributed by atoms with Gasteiger partial charge in [-0.2, -0.15) is 8.78 Å². The van der Waals surface area contributed by atoms with Gasteiger partial charge in [0.15, 0.2) is 0 Å². The summed E-state index contributed by atoms with van der Waals surface area (Å²) in [5.74, 6) is -0.575. The molecule has 3 nitrogen and oxygen atoms in total. The van der Waals surface area contributed by atoms with E-state index in [9.17, 15) is 13.6 Å². The monoisotopic (exact) mass is 417 g/mol. The van der Waals surface area contributed by atoms with E-state index in [0.717, 1.165) is 3.57 Å². The molecular weight excluding hydrogens is 403 g/mol. The van der Waals surface area contributed by atoms with Crippen molar-refractivity contribution in [3.8, 4) is 5.75 Å². The Morgan fingerprint density at radius 2 is 1.77 bits per heavy atom. The Balaban J connectivity index is 2.55. The number of carbonyl (C=O) groups excluding carboxylic acids is 1. The number of halogens is 3. The molecule has 0 saturated carbocycles. The van der Waals surface area contributed by atoms with Crippen molar-refractivity contribution in [2.75, 3.05) is 0 Å². The van der Waals surface area contributed by atoms with Gasteiger partial charge in [-0.25, -0.2) is 0 Å². The molecule has 0 spiro atoms. The van der Waals surface area contributed by atoms with Crippen LogP contribution in [0.15, 0.2) is 48.5 Å². The van der Waals surface area contributed by atoms with Crippen molar-refractivity contribution in [3.05, 3.63) is 63.2 Å². The highest BCUT2D eigenvalue weighted by Gasteiger charge is 2.35. The van der Waals surface area contributed by atoms with Crippen LogP contribution in [-0.2, 0) is 10.2 Å². The Morgan fingerprint density at radius 1 is 1.18 bits per heavy atom. The molecule has 1 atom stereocenters. The van der Waals surface area contributed by atoms with Gasteiger partial charge in [-0.15, -0.1) is 0 Å². The Hall–Kier alpha value is -1.70. The second kappa shape index (κ2) is 6.60. The normalized spacial score (nSPS) is 13.7. The van der Waals surface area contributed by atoms with Gasteiger partial charge < -0.3 is 10.5 Å². The molecule has 0 heterocycles. The SMILES string of the molecule is CC(C(N)=O)(c1cccc(I)c1)c1cccc(OC(F)F)c1. The standard InChI is InChI=1S/C16H14F2INO2/c1-16(14(20)21,10-4-2-6-12(19)8-10)11-5-3-7-13(9-11)22-15(17)18/h2-9,15H,1H3,(H2,20,21). The number of nitrogens with two attached hydrogens (primary N) is 1. The molecule has 0 aliphatic rings. The van der Waals surface area contributed by atoms with Crippen molar-refractivity contribution in [1.82, 2.24) is 0 Å². The lowest BCUT2D eigenvalue weighted by Crippen LogP contribution is -2.39. The Bertz CT molecular complexity index is 693. The first-order chi connectivity index (χ1) is 10.3. The number of amides is 1. The van der Waals surface area contributed by atoms with E-state index in [1.54, 1.807) is 25.1 Å². The average Bonchev–Trinajstić information content (AvgIpc) is 2.45. The summed E-state index contributed by atoms with van der Waals surface area (Å²) in [5.41, 5.74) is 5.67. The van der Waals surface area contributed by atoms with Crippen LogP contribution in [-0.4, -0.2) is 12.5 Å². The van der Waals surface area contributed by atoms with Gasteiger partial charge in [0, 0.05) is 3.57 Å². The lowest BCUT2D eigenvalue weighted by atomic mass is 9.75. The highest BCUT2D eigenvalue weighted by atomic mass is 127. The first-order valence-electron chi connectivity index (χ1n) is 6.45. The van der Waals surface area contributed by atoms with Crippen LogP contribution >= 0.6 is 22.6 Å². The third kappa shape index (κ3) is 3.37. The van der Waals surface area contributed by atoms with Gasteiger partial charge in [-0.05, 0) is 64.9 Å². The Morgan fingerprint density at radius 3 is 2.32 bits per heavy atom. The highest BCUT2D eigenvalue weighted by molar-refractivity contribution is 14.1. The minimum absolute atomic E-state index is 0.00870. The zero-order valence-electron chi connectivity index (χ0n) is 11.7. The predicted octanol–water partition coefficient (Wildman–Crippen LogP) is 3.68. The van der Waals surface area contributed by atoms with Crippen LogP contribution in [0.25, 0.3) is 0 Å². The summed E-state index contributed by atoms with van der Waals surface area (Å²) in [7, 11) is 0. The van der Waals surface area contributed by atoms with E-state index >= 15 is 0 Å². The summed E-state index contributed by atoms with van der Waals surface area (Å²) in [4.78, 5) is 12.1. The number of benzene rings is 2. The fourth-order valence-electron chi connectivity index (χ4n) is 2.23. The van der Waals surface area contributed by atoms with Gasteiger partial charge in [0.1, 0.15) is 5.75 Å². The van der Waals surface area contributed by atoms with Crippen LogP contribution < -0.4 is 10.5 Å². The molecule has 0 saturated heterocycles. The predicted molar refractivity (Wildman–Crippen MR) is 87.9 cm³/mol. The van der Waals surface area contributed by atoms with Crippen molar-refractivity contribution < 1.29 is 18.3 Å². The van der Waals surface area contributed by atoms with Crippen LogP contribution in [0, 0.1) is 3.57 Å². The maximum atomic E-state index is 12.4. The lowest BCUT2D eigenvalue weighted by molar-refractivity contribution is -0.121. The molecule has 2 N–H and O–H groups in total. The first-order valence-corrected chi connectivity index (χ1v) is 7.53. The number of alkyl halides is 2. The van der Waals surface area contributed by atoms with Gasteiger partial charge >= 0.3 is 6.61 Å². The molecule has 0 aliphatic heterocycles. The molecule has 116 valence electrons. The maximum absolute atomic E-state index is 12.4. The zero-order valence-corrected chi connectivity index (χ0v) is 13.9. The molecule has 6 heteroatoms. The second-order valence-electron chi connectivity index (χ2n) is 4.91. The van der Waals surface area contributed by atoms with Crippen molar-refractivity contribution in [3.63, 3.8) is 0 Å². The molecule has 2 aromatic carbocycles. The van der Waals surface area contributed by atoms with Crippen LogP contribution in [0.5, 0.6) is 5.75 Å². The van der Waals surface area contributed by atoms with Crippen LogP contribution in [0.2, 0.25) is 0 Å². The van der Waals surface area contributed by atoms with Gasteiger partial charge in [0.05, 0.1) is 5.41 Å². The largest absolute Gasteiger partial charge is 0.435 e. The number of hydrogen-bond acceptors (Lipinski definition) is 2. The summed E-state index contributed by atoms with van der Waals surface area (Å²) in [6, 6.07) is 13.4. The van der Waals surface area contributed by atoms with Crippen LogP contribution in [0.1, 0.15) is 18.1 Å². The van der Waals surface area contributed by atoms with E-state index in [4.69, 9.17) is 5.73 Å². The van der Waals surface area contributed by atoms with Crippen molar-refractivity contribution >= 4 is 28.5 Å². The highest BCUT2D eigenvalue weighted by Crippen LogP contribution is 2.34. The number of carbonyl (C=O) groups is 1. The fraction of sp³-hybridized carbons (Fsp3) is 0.188. The van der Waals surface area contributed by atoms with E-state index in [1.807, 2.05) is 18.2 Å². The van der Waals surface area contributed by atoms with E-state index in [1.165, 1.54) is 12.1 Å². The number of rotatable bonds is 5. The van der Waals surface area contributed by atoms with Crippen LogP contribution in [0.3, 0.4) is 0 Å². The van der Waals surface area contributed by atoms with Crippen molar-refractivity contribution in [2.24, 2.45) is 5.73 Å². The molecule has 0 radical (unpaired) electrons. The van der Waals surface area contributed by atoms with Crippen molar-refractivity contribution in [2.45, 2.75) is 19.0 Å². The molecule has 1 unspecified atom stereocenters.